The Hall–Kier alpha value is -3.22. The van der Waals surface area contributed by atoms with E-state index in [1.807, 2.05) is 51.1 Å². The normalized spacial score (nSPS) is 15.6. The quantitative estimate of drug-likeness (QED) is 0.768. The number of carbonyl (C=O) groups excluding carboxylic acids is 2. The summed E-state index contributed by atoms with van der Waals surface area (Å²) in [4.78, 5) is 27.5. The molecule has 31 heavy (non-hydrogen) atoms. The van der Waals surface area contributed by atoms with E-state index in [0.29, 0.717) is 30.0 Å². The van der Waals surface area contributed by atoms with Gasteiger partial charge in [0.25, 0.3) is 5.91 Å². The van der Waals surface area contributed by atoms with Crippen LogP contribution < -0.4 is 20.1 Å². The topological polar surface area (TPSA) is 79.9 Å². The van der Waals surface area contributed by atoms with Crippen molar-refractivity contribution >= 4 is 11.9 Å². The highest BCUT2D eigenvalue weighted by molar-refractivity contribution is 5.94. The zero-order valence-electron chi connectivity index (χ0n) is 18.8. The minimum Gasteiger partial charge on any atom is -0.493 e. The highest BCUT2D eigenvalue weighted by atomic mass is 16.5. The summed E-state index contributed by atoms with van der Waals surface area (Å²) in [5.74, 6) is 1.07. The molecule has 0 aromatic heterocycles. The van der Waals surface area contributed by atoms with E-state index in [1.165, 1.54) is 0 Å². The van der Waals surface area contributed by atoms with E-state index >= 15 is 0 Å². The Kier molecular flexibility index (Phi) is 6.73. The van der Waals surface area contributed by atoms with Gasteiger partial charge in [-0.3, -0.25) is 4.79 Å². The SMILES string of the molecule is COc1cc2c(cc1OC)[C@@H](CNC(=O)c1ccccc1)N(C(=O)NC(C)(C)C)CC2. The zero-order chi connectivity index (χ0) is 22.6. The molecule has 2 aromatic rings. The first kappa shape index (κ1) is 22.5. The Morgan fingerprint density at radius 1 is 1.06 bits per heavy atom. The second kappa shape index (κ2) is 9.29. The number of benzene rings is 2. The molecule has 1 atom stereocenters. The van der Waals surface area contributed by atoms with Gasteiger partial charge in [0, 0.05) is 24.2 Å². The average molecular weight is 426 g/mol. The number of urea groups is 1. The van der Waals surface area contributed by atoms with Gasteiger partial charge < -0.3 is 25.0 Å². The van der Waals surface area contributed by atoms with Gasteiger partial charge >= 0.3 is 6.03 Å². The van der Waals surface area contributed by atoms with Gasteiger partial charge in [-0.15, -0.1) is 0 Å². The molecule has 2 aromatic carbocycles. The van der Waals surface area contributed by atoms with Crippen LogP contribution >= 0.6 is 0 Å². The minimum absolute atomic E-state index is 0.160. The van der Waals surface area contributed by atoms with Crippen molar-refractivity contribution in [2.45, 2.75) is 38.8 Å². The van der Waals surface area contributed by atoms with Crippen LogP contribution in [0.1, 0.15) is 48.3 Å². The molecule has 3 rings (SSSR count). The molecule has 0 bridgehead atoms. The molecule has 1 aliphatic heterocycles. The summed E-state index contributed by atoms with van der Waals surface area (Å²) in [5.41, 5.74) is 2.24. The summed E-state index contributed by atoms with van der Waals surface area (Å²) in [5, 5.41) is 6.03. The van der Waals surface area contributed by atoms with Gasteiger partial charge in [-0.1, -0.05) is 18.2 Å². The number of methoxy groups -OCH3 is 2. The van der Waals surface area contributed by atoms with Gasteiger partial charge in [-0.25, -0.2) is 4.79 Å². The van der Waals surface area contributed by atoms with Crippen molar-refractivity contribution in [2.75, 3.05) is 27.3 Å². The highest BCUT2D eigenvalue weighted by Crippen LogP contribution is 2.38. The molecule has 0 aliphatic carbocycles. The number of rotatable bonds is 5. The molecule has 0 fully saturated rings. The van der Waals surface area contributed by atoms with Crippen LogP contribution in [0.15, 0.2) is 42.5 Å². The Balaban J connectivity index is 1.92. The van der Waals surface area contributed by atoms with E-state index in [0.717, 1.165) is 11.1 Å². The molecule has 166 valence electrons. The summed E-state index contributed by atoms with van der Waals surface area (Å²) in [6, 6.07) is 12.4. The number of carbonyl (C=O) groups is 2. The molecular formula is C24H31N3O4. The lowest BCUT2D eigenvalue weighted by Crippen LogP contribution is -2.53. The maximum atomic E-state index is 13.1. The molecule has 7 nitrogen and oxygen atoms in total. The molecule has 0 spiro atoms. The fraction of sp³-hybridized carbons (Fsp3) is 0.417. The third-order valence-electron chi connectivity index (χ3n) is 5.24. The second-order valence-corrected chi connectivity index (χ2v) is 8.62. The molecule has 1 heterocycles. The minimum atomic E-state index is -0.368. The van der Waals surface area contributed by atoms with Crippen LogP contribution in [0, 0.1) is 0 Å². The number of fused-ring (bicyclic) bond motifs is 1. The van der Waals surface area contributed by atoms with E-state index in [-0.39, 0.29) is 30.1 Å². The summed E-state index contributed by atoms with van der Waals surface area (Å²) in [6.07, 6.45) is 0.691. The van der Waals surface area contributed by atoms with Crippen molar-refractivity contribution in [1.82, 2.24) is 15.5 Å². The van der Waals surface area contributed by atoms with E-state index in [4.69, 9.17) is 9.47 Å². The van der Waals surface area contributed by atoms with Crippen LogP contribution in [0.5, 0.6) is 11.5 Å². The molecule has 0 saturated carbocycles. The highest BCUT2D eigenvalue weighted by Gasteiger charge is 2.33. The van der Waals surface area contributed by atoms with Crippen molar-refractivity contribution in [3.8, 4) is 11.5 Å². The van der Waals surface area contributed by atoms with Gasteiger partial charge in [0.05, 0.1) is 20.3 Å². The van der Waals surface area contributed by atoms with Crippen LogP contribution in [0.25, 0.3) is 0 Å². The smallest absolute Gasteiger partial charge is 0.318 e. The van der Waals surface area contributed by atoms with Crippen molar-refractivity contribution < 1.29 is 19.1 Å². The van der Waals surface area contributed by atoms with Gasteiger partial charge in [0.15, 0.2) is 11.5 Å². The first-order valence-electron chi connectivity index (χ1n) is 10.4. The van der Waals surface area contributed by atoms with Crippen LogP contribution in [-0.4, -0.2) is 49.7 Å². The summed E-state index contributed by atoms with van der Waals surface area (Å²) >= 11 is 0. The molecule has 0 unspecified atom stereocenters. The summed E-state index contributed by atoms with van der Waals surface area (Å²) in [7, 11) is 3.19. The number of nitrogens with zero attached hydrogens (tertiary/aromatic N) is 1. The molecule has 0 radical (unpaired) electrons. The van der Waals surface area contributed by atoms with Crippen molar-refractivity contribution in [3.05, 3.63) is 59.2 Å². The largest absolute Gasteiger partial charge is 0.493 e. The molecule has 3 amide bonds. The van der Waals surface area contributed by atoms with Crippen LogP contribution in [0.2, 0.25) is 0 Å². The number of nitrogens with one attached hydrogen (secondary N) is 2. The lowest BCUT2D eigenvalue weighted by atomic mass is 9.91. The fourth-order valence-corrected chi connectivity index (χ4v) is 3.76. The van der Waals surface area contributed by atoms with Gasteiger partial charge in [0.1, 0.15) is 0 Å². The average Bonchev–Trinajstić information content (AvgIpc) is 2.75. The molecule has 2 N–H and O–H groups in total. The van der Waals surface area contributed by atoms with Crippen molar-refractivity contribution in [2.24, 2.45) is 0 Å². The molecule has 7 heteroatoms. The Morgan fingerprint density at radius 2 is 1.71 bits per heavy atom. The van der Waals surface area contributed by atoms with Crippen LogP contribution in [0.3, 0.4) is 0 Å². The number of amides is 3. The van der Waals surface area contributed by atoms with Crippen LogP contribution in [0.4, 0.5) is 4.79 Å². The van der Waals surface area contributed by atoms with Gasteiger partial charge in [-0.05, 0) is 62.6 Å². The fourth-order valence-electron chi connectivity index (χ4n) is 3.76. The monoisotopic (exact) mass is 425 g/mol. The van der Waals surface area contributed by atoms with E-state index < -0.39 is 0 Å². The van der Waals surface area contributed by atoms with E-state index in [2.05, 4.69) is 10.6 Å². The number of ether oxygens (including phenoxy) is 2. The maximum absolute atomic E-state index is 13.1. The van der Waals surface area contributed by atoms with Gasteiger partial charge in [0.2, 0.25) is 0 Å². The number of hydrogen-bond acceptors (Lipinski definition) is 4. The van der Waals surface area contributed by atoms with Crippen molar-refractivity contribution in [1.29, 1.82) is 0 Å². The summed E-state index contributed by atoms with van der Waals surface area (Å²) < 4.78 is 10.9. The third-order valence-corrected chi connectivity index (χ3v) is 5.24. The van der Waals surface area contributed by atoms with Crippen LogP contribution in [-0.2, 0) is 6.42 Å². The van der Waals surface area contributed by atoms with Crippen molar-refractivity contribution in [3.63, 3.8) is 0 Å². The molecule has 1 aliphatic rings. The predicted octanol–water partition coefficient (Wildman–Crippen LogP) is 3.54. The molecule has 0 saturated heterocycles. The summed E-state index contributed by atoms with van der Waals surface area (Å²) in [6.45, 7) is 6.67. The third kappa shape index (κ3) is 5.29. The number of hydrogen-bond donors (Lipinski definition) is 2. The Bertz CT molecular complexity index is 938. The predicted molar refractivity (Wildman–Crippen MR) is 120 cm³/mol. The second-order valence-electron chi connectivity index (χ2n) is 8.62. The maximum Gasteiger partial charge on any atom is 0.318 e. The lowest BCUT2D eigenvalue weighted by molar-refractivity contribution is 0.0932. The first-order chi connectivity index (χ1) is 14.7. The standard InChI is InChI=1S/C24H31N3O4/c1-24(2,3)26-23(29)27-12-11-17-13-20(30-4)21(31-5)14-18(17)19(27)15-25-22(28)16-9-7-6-8-10-16/h6-10,13-14,19H,11-12,15H2,1-5H3,(H,25,28)(H,26,29)/t19-/m1/s1. The Labute approximate surface area is 183 Å². The Morgan fingerprint density at radius 3 is 2.32 bits per heavy atom. The van der Waals surface area contributed by atoms with E-state index in [9.17, 15) is 9.59 Å². The first-order valence-corrected chi connectivity index (χ1v) is 10.4. The lowest BCUT2D eigenvalue weighted by Gasteiger charge is -2.39. The van der Waals surface area contributed by atoms with Gasteiger partial charge in [-0.2, -0.15) is 0 Å². The van der Waals surface area contributed by atoms with E-state index in [1.54, 1.807) is 31.3 Å². The zero-order valence-corrected chi connectivity index (χ0v) is 18.8. The molecular weight excluding hydrogens is 394 g/mol.